The van der Waals surface area contributed by atoms with Gasteiger partial charge in [0.2, 0.25) is 0 Å². The lowest BCUT2D eigenvalue weighted by atomic mass is 9.74. The average molecular weight is 520 g/mol. The molecule has 5 nitrogen and oxygen atoms in total. The molecule has 3 rings (SSSR count). The zero-order valence-electron chi connectivity index (χ0n) is 15.6. The van der Waals surface area contributed by atoms with Gasteiger partial charge in [0.05, 0.1) is 18.7 Å². The minimum atomic E-state index is -0.287. The minimum absolute atomic E-state index is 0. The van der Waals surface area contributed by atoms with Crippen LogP contribution in [-0.4, -0.2) is 32.8 Å². The summed E-state index contributed by atoms with van der Waals surface area (Å²) in [5, 5.41) is 3.52. The fourth-order valence-corrected chi connectivity index (χ4v) is 3.54. The molecule has 0 saturated carbocycles. The van der Waals surface area contributed by atoms with Crippen molar-refractivity contribution in [2.24, 2.45) is 10.7 Å². The molecular weight excluding hydrogens is 496 g/mol. The molecule has 0 atom stereocenters. The summed E-state index contributed by atoms with van der Waals surface area (Å²) >= 11 is 6.13. The summed E-state index contributed by atoms with van der Waals surface area (Å²) in [6, 6.07) is 12.0. The standard InChI is InChI=1S/C20H23ClFN3O2.HI/c1-26-18-6-5-16(12-17(18)21)25-19(23)24-13-20(7-9-27-10-8-20)14-3-2-4-15(22)11-14;/h2-6,11-12H,7-10,13H2,1H3,(H3,23,24,25);1H. The van der Waals surface area contributed by atoms with Gasteiger partial charge in [-0.1, -0.05) is 23.7 Å². The molecule has 152 valence electrons. The Balaban J connectivity index is 0.00000280. The van der Waals surface area contributed by atoms with E-state index in [-0.39, 0.29) is 41.2 Å². The van der Waals surface area contributed by atoms with Gasteiger partial charge < -0.3 is 20.5 Å². The molecule has 1 aliphatic heterocycles. The molecular formula is C20H24ClFIN3O2. The number of halogens is 3. The summed E-state index contributed by atoms with van der Waals surface area (Å²) in [6.07, 6.45) is 1.53. The largest absolute Gasteiger partial charge is 0.495 e. The number of guanidine groups is 1. The number of benzene rings is 2. The molecule has 0 spiro atoms. The van der Waals surface area contributed by atoms with E-state index in [4.69, 9.17) is 26.8 Å². The summed E-state index contributed by atoms with van der Waals surface area (Å²) < 4.78 is 24.4. The van der Waals surface area contributed by atoms with Gasteiger partial charge in [0.1, 0.15) is 11.6 Å². The van der Waals surface area contributed by atoms with E-state index in [0.29, 0.717) is 36.2 Å². The van der Waals surface area contributed by atoms with Crippen LogP contribution in [0.15, 0.2) is 47.5 Å². The Morgan fingerprint density at radius 1 is 1.29 bits per heavy atom. The fourth-order valence-electron chi connectivity index (χ4n) is 3.29. The van der Waals surface area contributed by atoms with Crippen molar-refractivity contribution in [2.75, 3.05) is 32.2 Å². The predicted molar refractivity (Wildman–Crippen MR) is 122 cm³/mol. The molecule has 0 unspecified atom stereocenters. The summed E-state index contributed by atoms with van der Waals surface area (Å²) in [5.74, 6) is 0.616. The maximum absolute atomic E-state index is 13.8. The summed E-state index contributed by atoms with van der Waals surface area (Å²) in [5.41, 5.74) is 7.42. The van der Waals surface area contributed by atoms with Crippen molar-refractivity contribution in [3.05, 3.63) is 58.9 Å². The molecule has 0 aromatic heterocycles. The SMILES string of the molecule is COc1ccc(NC(N)=NCC2(c3cccc(F)c3)CCOCC2)cc1Cl.I. The van der Waals surface area contributed by atoms with Crippen LogP contribution in [0.2, 0.25) is 5.02 Å². The highest BCUT2D eigenvalue weighted by atomic mass is 127. The molecule has 1 saturated heterocycles. The maximum atomic E-state index is 13.8. The Kier molecular flexibility index (Phi) is 8.33. The topological polar surface area (TPSA) is 68.9 Å². The number of hydrogen-bond donors (Lipinski definition) is 2. The van der Waals surface area contributed by atoms with Crippen molar-refractivity contribution in [3.63, 3.8) is 0 Å². The van der Waals surface area contributed by atoms with Gasteiger partial charge in [-0.25, -0.2) is 4.39 Å². The summed E-state index contributed by atoms with van der Waals surface area (Å²) in [4.78, 5) is 4.52. The van der Waals surface area contributed by atoms with Crippen LogP contribution in [0.25, 0.3) is 0 Å². The molecule has 2 aromatic carbocycles. The Bertz CT molecular complexity index is 829. The van der Waals surface area contributed by atoms with Crippen molar-refractivity contribution >= 4 is 47.2 Å². The van der Waals surface area contributed by atoms with Crippen molar-refractivity contribution in [1.82, 2.24) is 0 Å². The Morgan fingerprint density at radius 2 is 2.04 bits per heavy atom. The second-order valence-corrected chi connectivity index (χ2v) is 6.99. The first-order valence-corrected chi connectivity index (χ1v) is 9.14. The molecule has 0 amide bonds. The lowest BCUT2D eigenvalue weighted by Crippen LogP contribution is -2.38. The van der Waals surface area contributed by atoms with E-state index in [0.717, 1.165) is 18.4 Å². The van der Waals surface area contributed by atoms with E-state index in [1.165, 1.54) is 6.07 Å². The summed E-state index contributed by atoms with van der Waals surface area (Å²) in [6.45, 7) is 1.68. The Morgan fingerprint density at radius 3 is 2.68 bits per heavy atom. The van der Waals surface area contributed by atoms with Crippen molar-refractivity contribution in [1.29, 1.82) is 0 Å². The van der Waals surface area contributed by atoms with Gasteiger partial charge in [-0.15, -0.1) is 24.0 Å². The number of aliphatic imine (C=N–C) groups is 1. The van der Waals surface area contributed by atoms with Crippen LogP contribution in [0.1, 0.15) is 18.4 Å². The number of nitrogens with two attached hydrogens (primary N) is 1. The number of anilines is 1. The smallest absolute Gasteiger partial charge is 0.193 e. The molecule has 0 radical (unpaired) electrons. The molecule has 1 heterocycles. The lowest BCUT2D eigenvalue weighted by Gasteiger charge is -2.36. The van der Waals surface area contributed by atoms with Crippen LogP contribution in [0.4, 0.5) is 10.1 Å². The second kappa shape index (κ2) is 10.3. The van der Waals surface area contributed by atoms with Gasteiger partial charge in [-0.2, -0.15) is 0 Å². The zero-order chi connectivity index (χ0) is 19.3. The van der Waals surface area contributed by atoms with Gasteiger partial charge in [-0.05, 0) is 48.7 Å². The lowest BCUT2D eigenvalue weighted by molar-refractivity contribution is 0.0530. The van der Waals surface area contributed by atoms with Gasteiger partial charge in [0.25, 0.3) is 0 Å². The minimum Gasteiger partial charge on any atom is -0.495 e. The number of ether oxygens (including phenoxy) is 2. The van der Waals surface area contributed by atoms with E-state index >= 15 is 0 Å². The third kappa shape index (κ3) is 5.48. The van der Waals surface area contributed by atoms with E-state index in [1.54, 1.807) is 31.4 Å². The number of methoxy groups -OCH3 is 1. The molecule has 28 heavy (non-hydrogen) atoms. The first-order valence-electron chi connectivity index (χ1n) is 8.77. The molecule has 1 fully saturated rings. The van der Waals surface area contributed by atoms with Crippen LogP contribution in [0.3, 0.4) is 0 Å². The maximum Gasteiger partial charge on any atom is 0.193 e. The van der Waals surface area contributed by atoms with Crippen LogP contribution in [-0.2, 0) is 10.2 Å². The van der Waals surface area contributed by atoms with Gasteiger partial charge in [0.15, 0.2) is 5.96 Å². The van der Waals surface area contributed by atoms with Gasteiger partial charge >= 0.3 is 0 Å². The zero-order valence-corrected chi connectivity index (χ0v) is 18.7. The highest BCUT2D eigenvalue weighted by Gasteiger charge is 2.34. The van der Waals surface area contributed by atoms with Crippen LogP contribution in [0, 0.1) is 5.82 Å². The number of rotatable bonds is 5. The van der Waals surface area contributed by atoms with Crippen molar-refractivity contribution in [2.45, 2.75) is 18.3 Å². The third-order valence-corrected chi connectivity index (χ3v) is 5.16. The molecule has 3 N–H and O–H groups in total. The molecule has 8 heteroatoms. The number of hydrogen-bond acceptors (Lipinski definition) is 3. The number of nitrogens with one attached hydrogen (secondary N) is 1. The number of nitrogens with zero attached hydrogens (tertiary/aromatic N) is 1. The highest BCUT2D eigenvalue weighted by Crippen LogP contribution is 2.35. The third-order valence-electron chi connectivity index (χ3n) is 4.86. The average Bonchev–Trinajstić information content (AvgIpc) is 2.67. The van der Waals surface area contributed by atoms with Gasteiger partial charge in [0, 0.05) is 24.3 Å². The van der Waals surface area contributed by atoms with Crippen LogP contribution < -0.4 is 15.8 Å². The van der Waals surface area contributed by atoms with Crippen LogP contribution >= 0.6 is 35.6 Å². The summed E-state index contributed by atoms with van der Waals surface area (Å²) in [7, 11) is 1.56. The first-order chi connectivity index (χ1) is 13.0. The first kappa shape index (κ1) is 22.7. The second-order valence-electron chi connectivity index (χ2n) is 6.58. The monoisotopic (exact) mass is 519 g/mol. The van der Waals surface area contributed by atoms with Gasteiger partial charge in [-0.3, -0.25) is 4.99 Å². The Hall–Kier alpha value is -1.58. The van der Waals surface area contributed by atoms with Crippen LogP contribution in [0.5, 0.6) is 5.75 Å². The quantitative estimate of drug-likeness (QED) is 0.345. The molecule has 2 aromatic rings. The van der Waals surface area contributed by atoms with E-state index in [1.807, 2.05) is 12.1 Å². The normalized spacial score (nSPS) is 16.2. The highest BCUT2D eigenvalue weighted by molar-refractivity contribution is 14.0. The van der Waals surface area contributed by atoms with E-state index in [2.05, 4.69) is 10.3 Å². The van der Waals surface area contributed by atoms with Crippen molar-refractivity contribution in [3.8, 4) is 5.75 Å². The fraction of sp³-hybridized carbons (Fsp3) is 0.350. The van der Waals surface area contributed by atoms with E-state index < -0.39 is 0 Å². The predicted octanol–water partition coefficient (Wildman–Crippen LogP) is 4.58. The van der Waals surface area contributed by atoms with E-state index in [9.17, 15) is 4.39 Å². The molecule has 1 aliphatic rings. The van der Waals surface area contributed by atoms with Crippen molar-refractivity contribution < 1.29 is 13.9 Å². The molecule has 0 aliphatic carbocycles. The molecule has 0 bridgehead atoms. The Labute approximate surface area is 186 Å².